The van der Waals surface area contributed by atoms with Gasteiger partial charge < -0.3 is 10.4 Å². The van der Waals surface area contributed by atoms with Crippen molar-refractivity contribution < 1.29 is 9.90 Å². The Labute approximate surface area is 79.8 Å². The molecule has 0 rings (SSSR count). The van der Waals surface area contributed by atoms with Gasteiger partial charge >= 0.3 is 5.97 Å². The summed E-state index contributed by atoms with van der Waals surface area (Å²) in [6, 6.07) is 0.447. The van der Waals surface area contributed by atoms with Crippen LogP contribution in [0.4, 0.5) is 0 Å². The van der Waals surface area contributed by atoms with E-state index < -0.39 is 5.97 Å². The van der Waals surface area contributed by atoms with Crippen LogP contribution >= 0.6 is 0 Å². The van der Waals surface area contributed by atoms with E-state index in [1.54, 1.807) is 0 Å². The van der Waals surface area contributed by atoms with Crippen LogP contribution in [0.25, 0.3) is 0 Å². The van der Waals surface area contributed by atoms with Crippen LogP contribution in [0.3, 0.4) is 0 Å². The van der Waals surface area contributed by atoms with Gasteiger partial charge in [0, 0.05) is 12.5 Å². The Morgan fingerprint density at radius 3 is 2.85 bits per heavy atom. The van der Waals surface area contributed by atoms with Gasteiger partial charge in [-0.15, -0.1) is 6.58 Å². The summed E-state index contributed by atoms with van der Waals surface area (Å²) in [5.41, 5.74) is 0. The van der Waals surface area contributed by atoms with E-state index >= 15 is 0 Å². The second kappa shape index (κ2) is 7.80. The van der Waals surface area contributed by atoms with E-state index in [0.717, 1.165) is 25.8 Å². The second-order valence-corrected chi connectivity index (χ2v) is 3.23. The van der Waals surface area contributed by atoms with Crippen LogP contribution in [0.1, 0.15) is 32.6 Å². The van der Waals surface area contributed by atoms with Crippen molar-refractivity contribution in [2.75, 3.05) is 6.54 Å². The largest absolute Gasteiger partial charge is 0.481 e. The molecule has 0 aliphatic heterocycles. The fraction of sp³-hybridized carbons (Fsp3) is 0.700. The third-order valence-corrected chi connectivity index (χ3v) is 1.83. The van der Waals surface area contributed by atoms with Crippen molar-refractivity contribution in [2.24, 2.45) is 0 Å². The number of unbranched alkanes of at least 4 members (excludes halogenated alkanes) is 1. The molecular formula is C10H19NO2. The lowest BCUT2D eigenvalue weighted by Crippen LogP contribution is -2.26. The van der Waals surface area contributed by atoms with Crippen LogP contribution in [0.15, 0.2) is 12.7 Å². The molecule has 13 heavy (non-hydrogen) atoms. The summed E-state index contributed by atoms with van der Waals surface area (Å²) >= 11 is 0. The molecule has 1 unspecified atom stereocenters. The van der Waals surface area contributed by atoms with Gasteiger partial charge in [-0.3, -0.25) is 4.79 Å². The third kappa shape index (κ3) is 9.08. The van der Waals surface area contributed by atoms with Gasteiger partial charge in [0.15, 0.2) is 0 Å². The average Bonchev–Trinajstić information content (AvgIpc) is 2.03. The van der Waals surface area contributed by atoms with Gasteiger partial charge in [-0.25, -0.2) is 0 Å². The van der Waals surface area contributed by atoms with E-state index in [9.17, 15) is 4.79 Å². The second-order valence-electron chi connectivity index (χ2n) is 3.23. The number of carboxylic acids is 1. The number of hydrogen-bond donors (Lipinski definition) is 2. The zero-order valence-corrected chi connectivity index (χ0v) is 8.25. The summed E-state index contributed by atoms with van der Waals surface area (Å²) < 4.78 is 0. The van der Waals surface area contributed by atoms with E-state index in [2.05, 4.69) is 18.8 Å². The Kier molecular flexibility index (Phi) is 7.30. The van der Waals surface area contributed by atoms with E-state index in [0.29, 0.717) is 6.04 Å². The van der Waals surface area contributed by atoms with Crippen LogP contribution < -0.4 is 5.32 Å². The van der Waals surface area contributed by atoms with Crippen LogP contribution in [-0.2, 0) is 4.79 Å². The lowest BCUT2D eigenvalue weighted by molar-refractivity contribution is -0.137. The maximum atomic E-state index is 10.2. The van der Waals surface area contributed by atoms with Crippen LogP contribution in [0.5, 0.6) is 0 Å². The van der Waals surface area contributed by atoms with Gasteiger partial charge in [-0.05, 0) is 32.7 Å². The third-order valence-electron chi connectivity index (χ3n) is 1.83. The van der Waals surface area contributed by atoms with Gasteiger partial charge in [0.25, 0.3) is 0 Å². The Morgan fingerprint density at radius 2 is 2.31 bits per heavy atom. The van der Waals surface area contributed by atoms with E-state index in [4.69, 9.17) is 5.11 Å². The molecule has 0 spiro atoms. The minimum atomic E-state index is -0.709. The van der Waals surface area contributed by atoms with Crippen LogP contribution in [0, 0.1) is 0 Å². The smallest absolute Gasteiger partial charge is 0.303 e. The molecule has 3 heteroatoms. The number of carbonyl (C=O) groups is 1. The maximum Gasteiger partial charge on any atom is 0.303 e. The number of nitrogens with one attached hydrogen (secondary N) is 1. The van der Waals surface area contributed by atoms with Gasteiger partial charge in [0.2, 0.25) is 0 Å². The molecule has 0 radical (unpaired) electrons. The Bertz CT molecular complexity index is 157. The van der Waals surface area contributed by atoms with E-state index in [1.807, 2.05) is 6.08 Å². The SMILES string of the molecule is C=CCC(C)NCCCCC(=O)O. The summed E-state index contributed by atoms with van der Waals surface area (Å²) in [6.45, 7) is 6.64. The minimum absolute atomic E-state index is 0.275. The first-order valence-electron chi connectivity index (χ1n) is 4.73. The predicted molar refractivity (Wildman–Crippen MR) is 53.8 cm³/mol. The van der Waals surface area contributed by atoms with E-state index in [-0.39, 0.29) is 6.42 Å². The Balaban J connectivity index is 3.15. The minimum Gasteiger partial charge on any atom is -0.481 e. The highest BCUT2D eigenvalue weighted by Gasteiger charge is 1.98. The van der Waals surface area contributed by atoms with Crippen LogP contribution in [0.2, 0.25) is 0 Å². The zero-order valence-electron chi connectivity index (χ0n) is 8.25. The molecule has 0 heterocycles. The molecule has 0 amide bonds. The summed E-state index contributed by atoms with van der Waals surface area (Å²) in [5.74, 6) is -0.709. The first-order valence-corrected chi connectivity index (χ1v) is 4.73. The molecule has 0 aromatic heterocycles. The molecule has 2 N–H and O–H groups in total. The summed E-state index contributed by atoms with van der Waals surface area (Å²) in [6.07, 6.45) is 4.79. The molecule has 1 atom stereocenters. The summed E-state index contributed by atoms with van der Waals surface area (Å²) in [5, 5.41) is 11.7. The van der Waals surface area contributed by atoms with Crippen molar-refractivity contribution in [2.45, 2.75) is 38.6 Å². The average molecular weight is 185 g/mol. The molecule has 0 saturated heterocycles. The Hall–Kier alpha value is -0.830. The monoisotopic (exact) mass is 185 g/mol. The molecular weight excluding hydrogens is 166 g/mol. The number of carboxylic acid groups (broad SMARTS) is 1. The van der Waals surface area contributed by atoms with Crippen molar-refractivity contribution in [3.63, 3.8) is 0 Å². The normalized spacial score (nSPS) is 12.4. The molecule has 0 bridgehead atoms. The van der Waals surface area contributed by atoms with E-state index in [1.165, 1.54) is 0 Å². The van der Waals surface area contributed by atoms with Crippen molar-refractivity contribution in [3.8, 4) is 0 Å². The zero-order chi connectivity index (χ0) is 10.1. The maximum absolute atomic E-state index is 10.2. The fourth-order valence-corrected chi connectivity index (χ4v) is 1.08. The Morgan fingerprint density at radius 1 is 1.62 bits per heavy atom. The molecule has 0 aliphatic rings. The highest BCUT2D eigenvalue weighted by Crippen LogP contribution is 1.95. The lowest BCUT2D eigenvalue weighted by atomic mass is 10.2. The molecule has 0 fully saturated rings. The number of rotatable bonds is 8. The summed E-state index contributed by atoms with van der Waals surface area (Å²) in [4.78, 5) is 10.2. The highest BCUT2D eigenvalue weighted by molar-refractivity contribution is 5.66. The first kappa shape index (κ1) is 12.2. The quantitative estimate of drug-likeness (QED) is 0.448. The standard InChI is InChI=1S/C10H19NO2/c1-3-6-9(2)11-8-5-4-7-10(12)13/h3,9,11H,1,4-8H2,2H3,(H,12,13). The van der Waals surface area contributed by atoms with Gasteiger partial charge in [0.05, 0.1) is 0 Å². The topological polar surface area (TPSA) is 49.3 Å². The van der Waals surface area contributed by atoms with Crippen molar-refractivity contribution in [3.05, 3.63) is 12.7 Å². The highest BCUT2D eigenvalue weighted by atomic mass is 16.4. The van der Waals surface area contributed by atoms with Crippen molar-refractivity contribution in [1.29, 1.82) is 0 Å². The van der Waals surface area contributed by atoms with Gasteiger partial charge in [0.1, 0.15) is 0 Å². The fourth-order valence-electron chi connectivity index (χ4n) is 1.08. The van der Waals surface area contributed by atoms with Gasteiger partial charge in [-0.2, -0.15) is 0 Å². The molecule has 76 valence electrons. The first-order chi connectivity index (χ1) is 6.16. The van der Waals surface area contributed by atoms with Crippen molar-refractivity contribution in [1.82, 2.24) is 5.32 Å². The van der Waals surface area contributed by atoms with Crippen molar-refractivity contribution >= 4 is 5.97 Å². The van der Waals surface area contributed by atoms with Gasteiger partial charge in [-0.1, -0.05) is 6.08 Å². The molecule has 0 aromatic rings. The molecule has 0 aliphatic carbocycles. The molecule has 0 aromatic carbocycles. The number of hydrogen-bond acceptors (Lipinski definition) is 2. The van der Waals surface area contributed by atoms with Crippen LogP contribution in [-0.4, -0.2) is 23.7 Å². The number of aliphatic carboxylic acids is 1. The lowest BCUT2D eigenvalue weighted by Gasteiger charge is -2.10. The predicted octanol–water partition coefficient (Wildman–Crippen LogP) is 1.80. The molecule has 3 nitrogen and oxygen atoms in total. The summed E-state index contributed by atoms with van der Waals surface area (Å²) in [7, 11) is 0. The molecule has 0 saturated carbocycles.